The van der Waals surface area contributed by atoms with Crippen LogP contribution in [0.15, 0.2) is 36.4 Å². The van der Waals surface area contributed by atoms with Crippen LogP contribution in [0.4, 0.5) is 0 Å². The number of nitrogens with one attached hydrogen (secondary N) is 1. The normalized spacial score (nSPS) is 11.1. The van der Waals surface area contributed by atoms with Crippen molar-refractivity contribution in [2.75, 3.05) is 0 Å². The van der Waals surface area contributed by atoms with Crippen LogP contribution in [-0.4, -0.2) is 6.04 Å². The van der Waals surface area contributed by atoms with Crippen molar-refractivity contribution in [3.8, 4) is 11.1 Å². The second-order valence-corrected chi connectivity index (χ2v) is 6.00. The topological polar surface area (TPSA) is 12.0 Å². The maximum absolute atomic E-state index is 3.49. The predicted octanol–water partition coefficient (Wildman–Crippen LogP) is 4.78. The first-order valence-corrected chi connectivity index (χ1v) is 7.38. The van der Waals surface area contributed by atoms with Crippen LogP contribution in [0.3, 0.4) is 0 Å². The van der Waals surface area contributed by atoms with E-state index in [1.165, 1.54) is 33.4 Å². The molecule has 0 saturated carbocycles. The third-order valence-electron chi connectivity index (χ3n) is 3.70. The van der Waals surface area contributed by atoms with Crippen LogP contribution in [0.1, 0.15) is 36.1 Å². The van der Waals surface area contributed by atoms with Crippen LogP contribution in [0, 0.1) is 20.8 Å². The first kappa shape index (κ1) is 14.8. The van der Waals surface area contributed by atoms with Gasteiger partial charge < -0.3 is 5.32 Å². The van der Waals surface area contributed by atoms with Gasteiger partial charge in [0.1, 0.15) is 0 Å². The largest absolute Gasteiger partial charge is 0.310 e. The summed E-state index contributed by atoms with van der Waals surface area (Å²) in [6.45, 7) is 11.8. The zero-order valence-electron chi connectivity index (χ0n) is 13.2. The Labute approximate surface area is 123 Å². The average molecular weight is 267 g/mol. The van der Waals surface area contributed by atoms with Crippen LogP contribution in [0.2, 0.25) is 0 Å². The van der Waals surface area contributed by atoms with Gasteiger partial charge in [-0.2, -0.15) is 0 Å². The molecule has 0 radical (unpaired) electrons. The van der Waals surface area contributed by atoms with Crippen molar-refractivity contribution in [1.82, 2.24) is 5.32 Å². The molecule has 0 spiro atoms. The van der Waals surface area contributed by atoms with Gasteiger partial charge in [0.05, 0.1) is 0 Å². The molecule has 0 aromatic heterocycles. The highest BCUT2D eigenvalue weighted by atomic mass is 14.9. The summed E-state index contributed by atoms with van der Waals surface area (Å²) in [7, 11) is 0. The lowest BCUT2D eigenvalue weighted by Crippen LogP contribution is -2.21. The highest BCUT2D eigenvalue weighted by Crippen LogP contribution is 2.28. The summed E-state index contributed by atoms with van der Waals surface area (Å²) < 4.78 is 0. The molecule has 0 unspecified atom stereocenters. The fraction of sp³-hybridized carbons (Fsp3) is 0.368. The fourth-order valence-electron chi connectivity index (χ4n) is 2.42. The smallest absolute Gasteiger partial charge is 0.0208 e. The lowest BCUT2D eigenvalue weighted by Gasteiger charge is -2.14. The average Bonchev–Trinajstić information content (AvgIpc) is 2.41. The highest BCUT2D eigenvalue weighted by Gasteiger charge is 2.07. The first-order chi connectivity index (χ1) is 9.47. The van der Waals surface area contributed by atoms with Gasteiger partial charge >= 0.3 is 0 Å². The van der Waals surface area contributed by atoms with E-state index in [-0.39, 0.29) is 0 Å². The van der Waals surface area contributed by atoms with Crippen LogP contribution < -0.4 is 5.32 Å². The number of rotatable bonds is 4. The SMILES string of the molecule is Cc1ccc(C)c(-c2cc(CNC(C)C)ccc2C)c1. The molecule has 2 aromatic carbocycles. The summed E-state index contributed by atoms with van der Waals surface area (Å²) in [6.07, 6.45) is 0. The molecule has 20 heavy (non-hydrogen) atoms. The summed E-state index contributed by atoms with van der Waals surface area (Å²) >= 11 is 0. The summed E-state index contributed by atoms with van der Waals surface area (Å²) in [4.78, 5) is 0. The van der Waals surface area contributed by atoms with E-state index >= 15 is 0 Å². The third-order valence-corrected chi connectivity index (χ3v) is 3.70. The van der Waals surface area contributed by atoms with E-state index in [9.17, 15) is 0 Å². The molecule has 0 heterocycles. The molecule has 2 aromatic rings. The van der Waals surface area contributed by atoms with Gasteiger partial charge in [0.2, 0.25) is 0 Å². The minimum Gasteiger partial charge on any atom is -0.310 e. The Bertz CT molecular complexity index is 597. The van der Waals surface area contributed by atoms with E-state index in [2.05, 4.69) is 76.3 Å². The summed E-state index contributed by atoms with van der Waals surface area (Å²) in [5.74, 6) is 0. The molecule has 1 N–H and O–H groups in total. The Balaban J connectivity index is 2.40. The molecule has 0 bridgehead atoms. The van der Waals surface area contributed by atoms with Gasteiger partial charge in [-0.1, -0.05) is 49.7 Å². The Morgan fingerprint density at radius 1 is 0.850 bits per heavy atom. The Hall–Kier alpha value is -1.60. The number of aryl methyl sites for hydroxylation is 3. The van der Waals surface area contributed by atoms with Crippen molar-refractivity contribution in [2.24, 2.45) is 0 Å². The van der Waals surface area contributed by atoms with E-state index < -0.39 is 0 Å². The van der Waals surface area contributed by atoms with Crippen molar-refractivity contribution in [2.45, 2.75) is 47.2 Å². The minimum absolute atomic E-state index is 0.514. The van der Waals surface area contributed by atoms with E-state index in [0.29, 0.717) is 6.04 Å². The number of hydrogen-bond acceptors (Lipinski definition) is 1. The summed E-state index contributed by atoms with van der Waals surface area (Å²) in [6, 6.07) is 14.0. The molecular formula is C19H25N. The summed E-state index contributed by atoms with van der Waals surface area (Å²) in [5, 5.41) is 3.49. The first-order valence-electron chi connectivity index (χ1n) is 7.38. The Morgan fingerprint density at radius 2 is 1.45 bits per heavy atom. The lowest BCUT2D eigenvalue weighted by atomic mass is 9.93. The Kier molecular flexibility index (Phi) is 4.61. The van der Waals surface area contributed by atoms with E-state index in [1.807, 2.05) is 0 Å². The molecule has 0 atom stereocenters. The molecule has 1 nitrogen and oxygen atoms in total. The molecule has 0 aliphatic carbocycles. The monoisotopic (exact) mass is 267 g/mol. The molecule has 0 fully saturated rings. The number of hydrogen-bond donors (Lipinski definition) is 1. The highest BCUT2D eigenvalue weighted by molar-refractivity contribution is 5.71. The van der Waals surface area contributed by atoms with Crippen LogP contribution in [-0.2, 0) is 6.54 Å². The van der Waals surface area contributed by atoms with Gasteiger partial charge in [-0.15, -0.1) is 0 Å². The predicted molar refractivity (Wildman–Crippen MR) is 88.1 cm³/mol. The zero-order chi connectivity index (χ0) is 14.7. The molecule has 106 valence electrons. The standard InChI is InChI=1S/C19H25N/c1-13(2)20-12-17-9-8-16(5)19(11-17)18-10-14(3)6-7-15(18)4/h6-11,13,20H,12H2,1-5H3. The second kappa shape index (κ2) is 6.23. The van der Waals surface area contributed by atoms with E-state index in [1.54, 1.807) is 0 Å². The van der Waals surface area contributed by atoms with Gasteiger partial charge in [0.15, 0.2) is 0 Å². The molecule has 0 aliphatic heterocycles. The van der Waals surface area contributed by atoms with Gasteiger partial charge in [0, 0.05) is 12.6 Å². The zero-order valence-corrected chi connectivity index (χ0v) is 13.2. The van der Waals surface area contributed by atoms with Crippen molar-refractivity contribution in [1.29, 1.82) is 0 Å². The lowest BCUT2D eigenvalue weighted by molar-refractivity contribution is 0.589. The number of benzene rings is 2. The van der Waals surface area contributed by atoms with Crippen molar-refractivity contribution in [3.05, 3.63) is 58.7 Å². The van der Waals surface area contributed by atoms with Crippen molar-refractivity contribution >= 4 is 0 Å². The van der Waals surface area contributed by atoms with Crippen molar-refractivity contribution < 1.29 is 0 Å². The van der Waals surface area contributed by atoms with Gasteiger partial charge in [0.25, 0.3) is 0 Å². The van der Waals surface area contributed by atoms with Crippen LogP contribution in [0.5, 0.6) is 0 Å². The summed E-state index contributed by atoms with van der Waals surface area (Å²) in [5.41, 5.74) is 8.05. The third kappa shape index (κ3) is 3.49. The molecular weight excluding hydrogens is 242 g/mol. The van der Waals surface area contributed by atoms with Gasteiger partial charge in [-0.25, -0.2) is 0 Å². The second-order valence-electron chi connectivity index (χ2n) is 6.00. The quantitative estimate of drug-likeness (QED) is 0.841. The van der Waals surface area contributed by atoms with Crippen molar-refractivity contribution in [3.63, 3.8) is 0 Å². The van der Waals surface area contributed by atoms with Crippen LogP contribution in [0.25, 0.3) is 11.1 Å². The minimum atomic E-state index is 0.514. The van der Waals surface area contributed by atoms with Gasteiger partial charge in [-0.3, -0.25) is 0 Å². The maximum Gasteiger partial charge on any atom is 0.0208 e. The molecule has 0 amide bonds. The molecule has 0 saturated heterocycles. The molecule has 0 aliphatic rings. The Morgan fingerprint density at radius 3 is 2.10 bits per heavy atom. The molecule has 1 heteroatoms. The van der Waals surface area contributed by atoms with Gasteiger partial charge in [-0.05, 0) is 54.7 Å². The maximum atomic E-state index is 3.49. The van der Waals surface area contributed by atoms with Crippen LogP contribution >= 0.6 is 0 Å². The van der Waals surface area contributed by atoms with E-state index in [0.717, 1.165) is 6.54 Å². The molecule has 2 rings (SSSR count). The van der Waals surface area contributed by atoms with E-state index in [4.69, 9.17) is 0 Å². The fourth-order valence-corrected chi connectivity index (χ4v) is 2.42.